The van der Waals surface area contributed by atoms with Gasteiger partial charge in [-0.25, -0.2) is 0 Å². The van der Waals surface area contributed by atoms with Crippen molar-refractivity contribution >= 4 is 23.2 Å². The Morgan fingerprint density at radius 1 is 1.14 bits per heavy atom. The van der Waals surface area contributed by atoms with E-state index in [-0.39, 0.29) is 0 Å². The van der Waals surface area contributed by atoms with E-state index in [0.717, 1.165) is 54.4 Å². The maximum absolute atomic E-state index is 11.3. The van der Waals surface area contributed by atoms with E-state index in [0.29, 0.717) is 22.8 Å². The first-order valence-electron chi connectivity index (χ1n) is 9.92. The van der Waals surface area contributed by atoms with E-state index in [9.17, 15) is 5.11 Å². The number of hydrogen-bond acceptors (Lipinski definition) is 3. The first-order valence-corrected chi connectivity index (χ1v) is 10.7. The van der Waals surface area contributed by atoms with Gasteiger partial charge in [-0.1, -0.05) is 48.3 Å². The van der Waals surface area contributed by atoms with Gasteiger partial charge in [-0.3, -0.25) is 0 Å². The summed E-state index contributed by atoms with van der Waals surface area (Å²) in [6, 6.07) is 13.6. The van der Waals surface area contributed by atoms with Crippen LogP contribution in [0.2, 0.25) is 10.0 Å². The van der Waals surface area contributed by atoms with Crippen molar-refractivity contribution in [2.75, 3.05) is 26.7 Å². The molecular weight excluding hydrogens is 393 g/mol. The Bertz CT molecular complexity index is 842. The Kier molecular flexibility index (Phi) is 5.63. The summed E-state index contributed by atoms with van der Waals surface area (Å²) in [5, 5.41) is 12.7. The van der Waals surface area contributed by atoms with Gasteiger partial charge in [-0.05, 0) is 66.0 Å². The molecule has 2 aliphatic rings. The lowest BCUT2D eigenvalue weighted by molar-refractivity contribution is 0.0310. The van der Waals surface area contributed by atoms with Crippen LogP contribution in [0.1, 0.15) is 36.8 Å². The van der Waals surface area contributed by atoms with Gasteiger partial charge in [0.05, 0.1) is 12.7 Å². The molecule has 2 fully saturated rings. The molecule has 1 heterocycles. The lowest BCUT2D eigenvalue weighted by Gasteiger charge is -2.28. The van der Waals surface area contributed by atoms with Crippen LogP contribution in [0.15, 0.2) is 42.5 Å². The highest BCUT2D eigenvalue weighted by atomic mass is 35.5. The van der Waals surface area contributed by atoms with Gasteiger partial charge in [0.2, 0.25) is 0 Å². The molecule has 2 aromatic rings. The fourth-order valence-electron chi connectivity index (χ4n) is 5.13. The summed E-state index contributed by atoms with van der Waals surface area (Å²) < 4.78 is 5.33. The number of halogens is 2. The number of benzene rings is 2. The van der Waals surface area contributed by atoms with E-state index in [4.69, 9.17) is 27.9 Å². The van der Waals surface area contributed by atoms with Crippen LogP contribution < -0.4 is 4.74 Å². The van der Waals surface area contributed by atoms with Crippen LogP contribution >= 0.6 is 23.2 Å². The van der Waals surface area contributed by atoms with Gasteiger partial charge in [0, 0.05) is 29.7 Å². The quantitative estimate of drug-likeness (QED) is 0.709. The van der Waals surface area contributed by atoms with Gasteiger partial charge < -0.3 is 14.7 Å². The van der Waals surface area contributed by atoms with Crippen LogP contribution in [0.3, 0.4) is 0 Å². The van der Waals surface area contributed by atoms with Crippen LogP contribution in [-0.2, 0) is 5.60 Å². The number of aliphatic hydroxyl groups is 1. The van der Waals surface area contributed by atoms with Crippen molar-refractivity contribution < 1.29 is 9.84 Å². The molecule has 1 N–H and O–H groups in total. The summed E-state index contributed by atoms with van der Waals surface area (Å²) in [5.41, 5.74) is 1.39. The number of rotatable bonds is 5. The predicted octanol–water partition coefficient (Wildman–Crippen LogP) is 5.34. The molecule has 0 bridgehead atoms. The highest BCUT2D eigenvalue weighted by molar-refractivity contribution is 6.35. The van der Waals surface area contributed by atoms with Crippen molar-refractivity contribution in [1.29, 1.82) is 0 Å². The van der Waals surface area contributed by atoms with Crippen LogP contribution in [0.4, 0.5) is 0 Å². The Labute approximate surface area is 177 Å². The fraction of sp³-hybridized carbons (Fsp3) is 0.478. The van der Waals surface area contributed by atoms with Crippen molar-refractivity contribution in [3.63, 3.8) is 0 Å². The molecular formula is C23H27Cl2NO2. The Hall–Kier alpha value is -1.26. The third-order valence-electron chi connectivity index (χ3n) is 6.48. The molecule has 28 heavy (non-hydrogen) atoms. The minimum Gasteiger partial charge on any atom is -0.497 e. The van der Waals surface area contributed by atoms with E-state index in [1.165, 1.54) is 0 Å². The second-order valence-corrected chi connectivity index (χ2v) is 9.32. The molecule has 1 saturated carbocycles. The SMILES string of the molecule is COc1cccc(C2(O)C[C@H]3CN(CC(C)c4ccc(Cl)cc4Cl)C[C@H]3C2)c1. The van der Waals surface area contributed by atoms with Crippen LogP contribution in [0, 0.1) is 11.8 Å². The van der Waals surface area contributed by atoms with Crippen molar-refractivity contribution in [2.45, 2.75) is 31.3 Å². The molecule has 0 radical (unpaired) electrons. The number of likely N-dealkylation sites (tertiary alicyclic amines) is 1. The zero-order valence-corrected chi connectivity index (χ0v) is 17.9. The monoisotopic (exact) mass is 419 g/mol. The van der Waals surface area contributed by atoms with Gasteiger partial charge in [-0.2, -0.15) is 0 Å². The highest BCUT2D eigenvalue weighted by Gasteiger charge is 2.49. The van der Waals surface area contributed by atoms with Gasteiger partial charge in [0.1, 0.15) is 5.75 Å². The second-order valence-electron chi connectivity index (χ2n) is 8.48. The molecule has 2 unspecified atom stereocenters. The van der Waals surface area contributed by atoms with Crippen LogP contribution in [0.5, 0.6) is 5.75 Å². The Balaban J connectivity index is 1.40. The number of nitrogens with zero attached hydrogens (tertiary/aromatic N) is 1. The average Bonchev–Trinajstić information content (AvgIpc) is 3.16. The summed E-state index contributed by atoms with van der Waals surface area (Å²) >= 11 is 12.4. The number of methoxy groups -OCH3 is 1. The smallest absolute Gasteiger partial charge is 0.119 e. The maximum atomic E-state index is 11.3. The molecule has 4 rings (SSSR count). The largest absolute Gasteiger partial charge is 0.497 e. The second kappa shape index (κ2) is 7.87. The molecule has 0 spiro atoms. The minimum atomic E-state index is -0.735. The molecule has 0 amide bonds. The first-order chi connectivity index (χ1) is 13.4. The van der Waals surface area contributed by atoms with E-state index in [1.807, 2.05) is 42.5 Å². The van der Waals surface area contributed by atoms with Gasteiger partial charge in [-0.15, -0.1) is 0 Å². The van der Waals surface area contributed by atoms with E-state index in [1.54, 1.807) is 7.11 Å². The molecule has 1 aliphatic heterocycles. The molecule has 5 heteroatoms. The molecule has 150 valence electrons. The average molecular weight is 420 g/mol. The number of ether oxygens (including phenoxy) is 1. The van der Waals surface area contributed by atoms with E-state index in [2.05, 4.69) is 11.8 Å². The molecule has 1 aliphatic carbocycles. The predicted molar refractivity (Wildman–Crippen MR) is 114 cm³/mol. The van der Waals surface area contributed by atoms with Crippen molar-refractivity contribution in [3.8, 4) is 5.75 Å². The summed E-state index contributed by atoms with van der Waals surface area (Å²) in [5.74, 6) is 2.22. The summed E-state index contributed by atoms with van der Waals surface area (Å²) in [6.45, 7) is 5.26. The van der Waals surface area contributed by atoms with E-state index < -0.39 is 5.60 Å². The summed E-state index contributed by atoms with van der Waals surface area (Å²) in [4.78, 5) is 2.52. The maximum Gasteiger partial charge on any atom is 0.119 e. The van der Waals surface area contributed by atoms with Gasteiger partial charge in [0.25, 0.3) is 0 Å². The topological polar surface area (TPSA) is 32.7 Å². The lowest BCUT2D eigenvalue weighted by atomic mass is 9.90. The molecule has 4 atom stereocenters. The normalized spacial score (nSPS) is 28.3. The fourth-order valence-corrected chi connectivity index (χ4v) is 5.73. The highest BCUT2D eigenvalue weighted by Crippen LogP contribution is 2.49. The Morgan fingerprint density at radius 3 is 2.50 bits per heavy atom. The Morgan fingerprint density at radius 2 is 1.86 bits per heavy atom. The van der Waals surface area contributed by atoms with Crippen LogP contribution in [-0.4, -0.2) is 36.8 Å². The zero-order chi connectivity index (χ0) is 19.9. The lowest BCUT2D eigenvalue weighted by Crippen LogP contribution is -2.30. The molecule has 2 aromatic carbocycles. The molecule has 3 nitrogen and oxygen atoms in total. The first kappa shape index (κ1) is 20.0. The standard InChI is InChI=1S/C23H27Cl2NO2/c1-15(21-7-6-19(24)9-22(21)25)12-26-13-16-10-23(27,11-17(16)14-26)18-4-3-5-20(8-18)28-2/h3-9,15-17,27H,10-14H2,1-2H3/t15?,16-,17+,23?. The minimum absolute atomic E-state index is 0.348. The van der Waals surface area contributed by atoms with Crippen molar-refractivity contribution in [1.82, 2.24) is 4.90 Å². The van der Waals surface area contributed by atoms with Crippen molar-refractivity contribution in [3.05, 3.63) is 63.6 Å². The van der Waals surface area contributed by atoms with Crippen molar-refractivity contribution in [2.24, 2.45) is 11.8 Å². The molecule has 1 saturated heterocycles. The number of fused-ring (bicyclic) bond motifs is 1. The molecule has 0 aromatic heterocycles. The number of hydrogen-bond donors (Lipinski definition) is 1. The summed E-state index contributed by atoms with van der Waals surface area (Å²) in [7, 11) is 1.67. The zero-order valence-electron chi connectivity index (χ0n) is 16.4. The third-order valence-corrected chi connectivity index (χ3v) is 7.05. The van der Waals surface area contributed by atoms with Gasteiger partial charge in [0.15, 0.2) is 0 Å². The van der Waals surface area contributed by atoms with E-state index >= 15 is 0 Å². The van der Waals surface area contributed by atoms with Gasteiger partial charge >= 0.3 is 0 Å². The summed E-state index contributed by atoms with van der Waals surface area (Å²) in [6.07, 6.45) is 1.63. The van der Waals surface area contributed by atoms with Crippen LogP contribution in [0.25, 0.3) is 0 Å². The third kappa shape index (κ3) is 3.91.